The van der Waals surface area contributed by atoms with Gasteiger partial charge in [0.25, 0.3) is 0 Å². The van der Waals surface area contributed by atoms with E-state index in [0.717, 1.165) is 6.42 Å². The molecule has 0 aromatic carbocycles. The van der Waals surface area contributed by atoms with E-state index in [0.29, 0.717) is 13.0 Å². The molecule has 1 aromatic heterocycles. The van der Waals surface area contributed by atoms with Crippen LogP contribution < -0.4 is 5.32 Å². The minimum atomic E-state index is 0.0136. The van der Waals surface area contributed by atoms with Gasteiger partial charge in [0.15, 0.2) is 5.78 Å². The quantitative estimate of drug-likeness (QED) is 0.856. The van der Waals surface area contributed by atoms with Crippen LogP contribution in [0.25, 0.3) is 0 Å². The van der Waals surface area contributed by atoms with Gasteiger partial charge in [0, 0.05) is 21.7 Å². The molecule has 1 heterocycles. The second-order valence-electron chi connectivity index (χ2n) is 5.04. The first-order chi connectivity index (χ1) is 7.40. The summed E-state index contributed by atoms with van der Waals surface area (Å²) >= 11 is 1.75. The second-order valence-corrected chi connectivity index (χ2v) is 6.29. The van der Waals surface area contributed by atoms with Gasteiger partial charge in [-0.15, -0.1) is 11.3 Å². The number of rotatable bonds is 5. The summed E-state index contributed by atoms with van der Waals surface area (Å²) in [4.78, 5) is 14.2. The maximum Gasteiger partial charge on any atom is 0.151 e. The van der Waals surface area contributed by atoms with Crippen molar-refractivity contribution < 1.29 is 4.79 Å². The van der Waals surface area contributed by atoms with Crippen LogP contribution in [0.5, 0.6) is 0 Å². The van der Waals surface area contributed by atoms with Crippen molar-refractivity contribution in [2.45, 2.75) is 46.1 Å². The fraction of sp³-hybridized carbons (Fsp3) is 0.615. The summed E-state index contributed by atoms with van der Waals surface area (Å²) in [7, 11) is 0. The number of carbonyl (C=O) groups excluding carboxylic acids is 1. The molecule has 0 aliphatic heterocycles. The minimum Gasteiger partial charge on any atom is -0.305 e. The smallest absolute Gasteiger partial charge is 0.151 e. The molecule has 0 atom stereocenters. The third-order valence-electron chi connectivity index (χ3n) is 2.25. The third kappa shape index (κ3) is 4.90. The lowest BCUT2D eigenvalue weighted by molar-refractivity contribution is -0.117. The number of Topliss-reactive ketones (excluding diaryl/α,β-unsaturated/α-hetero) is 1. The fourth-order valence-corrected chi connectivity index (χ4v) is 2.31. The second kappa shape index (κ2) is 5.60. The highest BCUT2D eigenvalue weighted by Crippen LogP contribution is 2.17. The van der Waals surface area contributed by atoms with Gasteiger partial charge < -0.3 is 5.32 Å². The Kier molecular flexibility index (Phi) is 4.69. The highest BCUT2D eigenvalue weighted by Gasteiger charge is 2.12. The van der Waals surface area contributed by atoms with Crippen molar-refractivity contribution in [2.24, 2.45) is 0 Å². The highest BCUT2D eigenvalue weighted by atomic mass is 32.1. The van der Waals surface area contributed by atoms with Gasteiger partial charge in [0.2, 0.25) is 0 Å². The average molecular weight is 239 g/mol. The first kappa shape index (κ1) is 13.4. The summed E-state index contributed by atoms with van der Waals surface area (Å²) in [5.74, 6) is 0.263. The molecule has 1 N–H and O–H groups in total. The van der Waals surface area contributed by atoms with Crippen LogP contribution in [0.15, 0.2) is 12.1 Å². The summed E-state index contributed by atoms with van der Waals surface area (Å²) in [5, 5.41) is 3.22. The minimum absolute atomic E-state index is 0.0136. The van der Waals surface area contributed by atoms with Crippen molar-refractivity contribution in [2.75, 3.05) is 6.54 Å². The number of thiophene rings is 1. The summed E-state index contributed by atoms with van der Waals surface area (Å²) in [6.45, 7) is 8.81. The maximum atomic E-state index is 11.7. The molecule has 16 heavy (non-hydrogen) atoms. The van der Waals surface area contributed by atoms with E-state index in [1.807, 2.05) is 0 Å². The van der Waals surface area contributed by atoms with Gasteiger partial charge in [-0.25, -0.2) is 0 Å². The molecule has 0 saturated carbocycles. The zero-order chi connectivity index (χ0) is 12.2. The Balaban J connectivity index is 2.40. The molecule has 3 heteroatoms. The van der Waals surface area contributed by atoms with Crippen LogP contribution in [-0.2, 0) is 17.6 Å². The Labute approximate surface area is 102 Å². The summed E-state index contributed by atoms with van der Waals surface area (Å²) < 4.78 is 0. The van der Waals surface area contributed by atoms with E-state index in [4.69, 9.17) is 0 Å². The summed E-state index contributed by atoms with van der Waals surface area (Å²) in [5.41, 5.74) is 0.0136. The van der Waals surface area contributed by atoms with Crippen LogP contribution in [0.1, 0.15) is 37.4 Å². The molecule has 0 unspecified atom stereocenters. The first-order valence-electron chi connectivity index (χ1n) is 5.75. The molecule has 1 aromatic rings. The van der Waals surface area contributed by atoms with Crippen LogP contribution in [-0.4, -0.2) is 17.9 Å². The van der Waals surface area contributed by atoms with Gasteiger partial charge in [0.1, 0.15) is 0 Å². The number of hydrogen-bond donors (Lipinski definition) is 1. The summed E-state index contributed by atoms with van der Waals surface area (Å²) in [6, 6.07) is 4.18. The van der Waals surface area contributed by atoms with Crippen LogP contribution in [0.4, 0.5) is 0 Å². The number of ketones is 1. The number of aryl methyl sites for hydroxylation is 1. The lowest BCUT2D eigenvalue weighted by Crippen LogP contribution is -2.39. The van der Waals surface area contributed by atoms with Crippen LogP contribution in [0, 0.1) is 0 Å². The standard InChI is InChI=1S/C13H21NOS/c1-5-11-6-7-12(16-11)8-10(15)9-14-13(2,3)4/h6-7,14H,5,8-9H2,1-4H3. The Bertz CT molecular complexity index is 349. The maximum absolute atomic E-state index is 11.7. The molecular formula is C13H21NOS. The third-order valence-corrected chi connectivity index (χ3v) is 3.48. The van der Waals surface area contributed by atoms with E-state index in [1.165, 1.54) is 9.75 Å². The predicted octanol–water partition coefficient (Wildman–Crippen LogP) is 2.81. The van der Waals surface area contributed by atoms with Gasteiger partial charge in [-0.3, -0.25) is 4.79 Å². The number of nitrogens with one attached hydrogen (secondary N) is 1. The van der Waals surface area contributed by atoms with E-state index < -0.39 is 0 Å². The van der Waals surface area contributed by atoms with Gasteiger partial charge in [0.05, 0.1) is 6.54 Å². The van der Waals surface area contributed by atoms with Crippen molar-refractivity contribution in [3.63, 3.8) is 0 Å². The molecule has 0 aliphatic carbocycles. The van der Waals surface area contributed by atoms with Crippen LogP contribution >= 0.6 is 11.3 Å². The predicted molar refractivity (Wildman–Crippen MR) is 70.2 cm³/mol. The van der Waals surface area contributed by atoms with Gasteiger partial charge in [-0.2, -0.15) is 0 Å². The Morgan fingerprint density at radius 2 is 1.94 bits per heavy atom. The van der Waals surface area contributed by atoms with Crippen molar-refractivity contribution in [3.05, 3.63) is 21.9 Å². The highest BCUT2D eigenvalue weighted by molar-refractivity contribution is 7.12. The Hall–Kier alpha value is -0.670. The Morgan fingerprint density at radius 1 is 1.31 bits per heavy atom. The van der Waals surface area contributed by atoms with E-state index in [9.17, 15) is 4.79 Å². The zero-order valence-electron chi connectivity index (χ0n) is 10.6. The van der Waals surface area contributed by atoms with Gasteiger partial charge in [-0.05, 0) is 39.3 Å². The number of hydrogen-bond acceptors (Lipinski definition) is 3. The monoisotopic (exact) mass is 239 g/mol. The SMILES string of the molecule is CCc1ccc(CC(=O)CNC(C)(C)C)s1. The van der Waals surface area contributed by atoms with Crippen LogP contribution in [0.3, 0.4) is 0 Å². The molecular weight excluding hydrogens is 218 g/mol. The Morgan fingerprint density at radius 3 is 2.44 bits per heavy atom. The molecule has 0 aliphatic rings. The average Bonchev–Trinajstić information content (AvgIpc) is 2.61. The van der Waals surface area contributed by atoms with Gasteiger partial charge in [-0.1, -0.05) is 6.92 Å². The molecule has 0 radical (unpaired) electrons. The van der Waals surface area contributed by atoms with E-state index in [2.05, 4.69) is 45.1 Å². The molecule has 2 nitrogen and oxygen atoms in total. The molecule has 1 rings (SSSR count). The molecule has 0 spiro atoms. The molecule has 0 fully saturated rings. The summed E-state index contributed by atoms with van der Waals surface area (Å²) in [6.07, 6.45) is 1.62. The molecule has 90 valence electrons. The van der Waals surface area contributed by atoms with E-state index in [1.54, 1.807) is 11.3 Å². The van der Waals surface area contributed by atoms with Crippen molar-refractivity contribution in [1.82, 2.24) is 5.32 Å². The molecule has 0 amide bonds. The molecule has 0 saturated heterocycles. The van der Waals surface area contributed by atoms with Crippen molar-refractivity contribution in [3.8, 4) is 0 Å². The van der Waals surface area contributed by atoms with Crippen molar-refractivity contribution >= 4 is 17.1 Å². The fourth-order valence-electron chi connectivity index (χ4n) is 1.33. The number of carbonyl (C=O) groups is 1. The van der Waals surface area contributed by atoms with Crippen molar-refractivity contribution in [1.29, 1.82) is 0 Å². The lowest BCUT2D eigenvalue weighted by Gasteiger charge is -2.19. The van der Waals surface area contributed by atoms with Gasteiger partial charge >= 0.3 is 0 Å². The normalized spacial score (nSPS) is 11.8. The van der Waals surface area contributed by atoms with E-state index >= 15 is 0 Å². The van der Waals surface area contributed by atoms with E-state index in [-0.39, 0.29) is 11.3 Å². The van der Waals surface area contributed by atoms with Crippen LogP contribution in [0.2, 0.25) is 0 Å². The zero-order valence-corrected chi connectivity index (χ0v) is 11.4. The topological polar surface area (TPSA) is 29.1 Å². The molecule has 0 bridgehead atoms. The largest absolute Gasteiger partial charge is 0.305 e. The lowest BCUT2D eigenvalue weighted by atomic mass is 10.1. The first-order valence-corrected chi connectivity index (χ1v) is 6.56.